The van der Waals surface area contributed by atoms with E-state index in [9.17, 15) is 9.59 Å². The van der Waals surface area contributed by atoms with Crippen LogP contribution in [0.4, 0.5) is 5.69 Å². The number of carbonyl (C=O) groups excluding carboxylic acids is 2. The van der Waals surface area contributed by atoms with Crippen molar-refractivity contribution in [3.63, 3.8) is 0 Å². The first-order valence-electron chi connectivity index (χ1n) is 9.17. The van der Waals surface area contributed by atoms with E-state index in [2.05, 4.69) is 16.7 Å². The monoisotopic (exact) mass is 368 g/mol. The molecule has 0 fully saturated rings. The van der Waals surface area contributed by atoms with E-state index in [1.807, 2.05) is 18.2 Å². The fourth-order valence-corrected chi connectivity index (χ4v) is 3.35. The van der Waals surface area contributed by atoms with Gasteiger partial charge in [0.1, 0.15) is 0 Å². The summed E-state index contributed by atoms with van der Waals surface area (Å²) in [7, 11) is 0. The minimum Gasteiger partial charge on any atom is -0.452 e. The Hall–Kier alpha value is -2.86. The van der Waals surface area contributed by atoms with Gasteiger partial charge in [0.15, 0.2) is 6.61 Å². The summed E-state index contributed by atoms with van der Waals surface area (Å²) in [5.41, 5.74) is 3.30. The van der Waals surface area contributed by atoms with Gasteiger partial charge >= 0.3 is 5.97 Å². The number of aliphatic hydroxyl groups is 1. The average Bonchev–Trinajstić information content (AvgIpc) is 2.71. The third kappa shape index (κ3) is 4.86. The van der Waals surface area contributed by atoms with Crippen LogP contribution < -0.4 is 10.6 Å². The van der Waals surface area contributed by atoms with Crippen molar-refractivity contribution in [2.45, 2.75) is 25.3 Å². The molecular formula is C21H24N2O4. The van der Waals surface area contributed by atoms with Gasteiger partial charge in [0.2, 0.25) is 0 Å². The van der Waals surface area contributed by atoms with E-state index < -0.39 is 5.97 Å². The highest BCUT2D eigenvalue weighted by Crippen LogP contribution is 2.29. The fraction of sp³-hybridized carbons (Fsp3) is 0.333. The van der Waals surface area contributed by atoms with Gasteiger partial charge in [-0.3, -0.25) is 4.79 Å². The number of para-hydroxylation sites is 1. The van der Waals surface area contributed by atoms with E-state index in [0.717, 1.165) is 24.8 Å². The number of aliphatic hydroxyl groups excluding tert-OH is 1. The van der Waals surface area contributed by atoms with Crippen LogP contribution in [-0.4, -0.2) is 36.7 Å². The molecule has 1 atom stereocenters. The molecule has 0 aromatic heterocycles. The Kier molecular flexibility index (Phi) is 6.44. The standard InChI is InChI=1S/C21H24N2O4/c24-13-12-22-18-10-4-3-9-17(18)21(26)27-14-20(25)23-19-11-5-7-15-6-1-2-8-16(15)19/h1-4,6,8-10,19,22,24H,5,7,11-14H2,(H,23,25)/t19-/m0/s1. The second kappa shape index (κ2) is 9.19. The summed E-state index contributed by atoms with van der Waals surface area (Å²) >= 11 is 0. The lowest BCUT2D eigenvalue weighted by atomic mass is 9.88. The largest absolute Gasteiger partial charge is 0.452 e. The molecule has 2 aromatic rings. The predicted octanol–water partition coefficient (Wildman–Crippen LogP) is 2.44. The molecule has 1 aliphatic carbocycles. The Labute approximate surface area is 158 Å². The van der Waals surface area contributed by atoms with Gasteiger partial charge in [-0.1, -0.05) is 36.4 Å². The normalized spacial score (nSPS) is 15.5. The molecule has 0 radical (unpaired) electrons. The molecule has 6 heteroatoms. The van der Waals surface area contributed by atoms with Crippen LogP contribution in [0.25, 0.3) is 0 Å². The molecule has 6 nitrogen and oxygen atoms in total. The molecule has 27 heavy (non-hydrogen) atoms. The Morgan fingerprint density at radius 1 is 1.11 bits per heavy atom. The van der Waals surface area contributed by atoms with Crippen molar-refractivity contribution in [1.82, 2.24) is 5.32 Å². The van der Waals surface area contributed by atoms with Crippen LogP contribution in [0, 0.1) is 0 Å². The number of benzene rings is 2. The summed E-state index contributed by atoms with van der Waals surface area (Å²) in [6.45, 7) is -0.0493. The Morgan fingerprint density at radius 3 is 2.74 bits per heavy atom. The smallest absolute Gasteiger partial charge is 0.340 e. The van der Waals surface area contributed by atoms with Gasteiger partial charge in [-0.05, 0) is 42.5 Å². The molecule has 1 aliphatic rings. The topological polar surface area (TPSA) is 87.7 Å². The first kappa shape index (κ1) is 18.9. The zero-order valence-corrected chi connectivity index (χ0v) is 15.1. The summed E-state index contributed by atoms with van der Waals surface area (Å²) in [6.07, 6.45) is 2.92. The summed E-state index contributed by atoms with van der Waals surface area (Å²) in [5.74, 6) is -0.888. The zero-order valence-electron chi connectivity index (χ0n) is 15.1. The van der Waals surface area contributed by atoms with Crippen molar-refractivity contribution in [3.05, 3.63) is 65.2 Å². The molecule has 1 amide bonds. The maximum Gasteiger partial charge on any atom is 0.340 e. The number of fused-ring (bicyclic) bond motifs is 1. The highest BCUT2D eigenvalue weighted by Gasteiger charge is 2.22. The highest BCUT2D eigenvalue weighted by molar-refractivity contribution is 5.96. The Balaban J connectivity index is 1.56. The number of hydrogen-bond donors (Lipinski definition) is 3. The minimum absolute atomic E-state index is 0.0420. The average molecular weight is 368 g/mol. The number of amides is 1. The van der Waals surface area contributed by atoms with Gasteiger partial charge < -0.3 is 20.5 Å². The molecule has 0 bridgehead atoms. The van der Waals surface area contributed by atoms with E-state index in [0.29, 0.717) is 17.8 Å². The second-order valence-corrected chi connectivity index (χ2v) is 6.48. The van der Waals surface area contributed by atoms with Crippen LogP contribution >= 0.6 is 0 Å². The molecule has 142 valence electrons. The van der Waals surface area contributed by atoms with E-state index in [4.69, 9.17) is 9.84 Å². The van der Waals surface area contributed by atoms with E-state index in [1.54, 1.807) is 24.3 Å². The molecule has 0 spiro atoms. The lowest BCUT2D eigenvalue weighted by Crippen LogP contribution is -2.34. The SMILES string of the molecule is O=C(COC(=O)c1ccccc1NCCO)N[C@H]1CCCc2ccccc21. The van der Waals surface area contributed by atoms with Crippen LogP contribution in [0.5, 0.6) is 0 Å². The number of hydrogen-bond acceptors (Lipinski definition) is 5. The number of esters is 1. The summed E-state index contributed by atoms with van der Waals surface area (Å²) in [4.78, 5) is 24.6. The third-order valence-corrected chi connectivity index (χ3v) is 4.61. The number of anilines is 1. The van der Waals surface area contributed by atoms with E-state index >= 15 is 0 Å². The van der Waals surface area contributed by atoms with E-state index in [1.165, 1.54) is 5.56 Å². The Bertz CT molecular complexity index is 806. The van der Waals surface area contributed by atoms with Gasteiger partial charge in [0, 0.05) is 12.2 Å². The number of aryl methyl sites for hydroxylation is 1. The molecular weight excluding hydrogens is 344 g/mol. The van der Waals surface area contributed by atoms with Crippen molar-refractivity contribution in [2.75, 3.05) is 25.1 Å². The lowest BCUT2D eigenvalue weighted by molar-refractivity contribution is -0.125. The highest BCUT2D eigenvalue weighted by atomic mass is 16.5. The van der Waals surface area contributed by atoms with Gasteiger partial charge in [0.05, 0.1) is 18.2 Å². The van der Waals surface area contributed by atoms with Crippen molar-refractivity contribution >= 4 is 17.6 Å². The second-order valence-electron chi connectivity index (χ2n) is 6.48. The molecule has 0 saturated carbocycles. The van der Waals surface area contributed by atoms with Gasteiger partial charge in [0.25, 0.3) is 5.91 Å². The van der Waals surface area contributed by atoms with Crippen molar-refractivity contribution in [1.29, 1.82) is 0 Å². The first-order valence-corrected chi connectivity index (χ1v) is 9.17. The summed E-state index contributed by atoms with van der Waals surface area (Å²) < 4.78 is 5.19. The first-order chi connectivity index (χ1) is 13.2. The molecule has 0 heterocycles. The van der Waals surface area contributed by atoms with Gasteiger partial charge in [-0.25, -0.2) is 4.79 Å². The van der Waals surface area contributed by atoms with Crippen molar-refractivity contribution in [2.24, 2.45) is 0 Å². The molecule has 3 rings (SSSR count). The summed E-state index contributed by atoms with van der Waals surface area (Å²) in [5, 5.41) is 14.8. The molecule has 0 saturated heterocycles. The fourth-order valence-electron chi connectivity index (χ4n) is 3.35. The van der Waals surface area contributed by atoms with E-state index in [-0.39, 0.29) is 25.2 Å². The van der Waals surface area contributed by atoms with Crippen LogP contribution in [0.15, 0.2) is 48.5 Å². The van der Waals surface area contributed by atoms with Crippen LogP contribution in [0.1, 0.15) is 40.4 Å². The number of carbonyl (C=O) groups is 2. The molecule has 3 N–H and O–H groups in total. The third-order valence-electron chi connectivity index (χ3n) is 4.61. The molecule has 0 unspecified atom stereocenters. The van der Waals surface area contributed by atoms with Gasteiger partial charge in [-0.2, -0.15) is 0 Å². The summed E-state index contributed by atoms with van der Waals surface area (Å²) in [6, 6.07) is 14.9. The number of nitrogens with one attached hydrogen (secondary N) is 2. The van der Waals surface area contributed by atoms with Crippen molar-refractivity contribution in [3.8, 4) is 0 Å². The van der Waals surface area contributed by atoms with Crippen LogP contribution in [0.2, 0.25) is 0 Å². The maximum absolute atomic E-state index is 12.3. The van der Waals surface area contributed by atoms with Crippen molar-refractivity contribution < 1.29 is 19.4 Å². The van der Waals surface area contributed by atoms with Crippen LogP contribution in [0.3, 0.4) is 0 Å². The minimum atomic E-state index is -0.574. The zero-order chi connectivity index (χ0) is 19.1. The number of ether oxygens (including phenoxy) is 1. The Morgan fingerprint density at radius 2 is 1.89 bits per heavy atom. The molecule has 2 aromatic carbocycles. The van der Waals surface area contributed by atoms with Gasteiger partial charge in [-0.15, -0.1) is 0 Å². The lowest BCUT2D eigenvalue weighted by Gasteiger charge is -2.26. The van der Waals surface area contributed by atoms with Crippen LogP contribution in [-0.2, 0) is 16.0 Å². The molecule has 0 aliphatic heterocycles. The quantitative estimate of drug-likeness (QED) is 0.654. The number of rotatable bonds is 7. The predicted molar refractivity (Wildman–Crippen MR) is 103 cm³/mol. The maximum atomic E-state index is 12.3.